The first-order chi connectivity index (χ1) is 19.5. The Labute approximate surface area is 234 Å². The lowest BCUT2D eigenvalue weighted by Crippen LogP contribution is -2.42. The van der Waals surface area contributed by atoms with Gasteiger partial charge in [0.05, 0.1) is 11.7 Å². The van der Waals surface area contributed by atoms with Crippen LogP contribution in [0.3, 0.4) is 0 Å². The number of alkyl halides is 9. The predicted octanol–water partition coefficient (Wildman–Crippen LogP) is 10.00. The van der Waals surface area contributed by atoms with E-state index >= 15 is 8.78 Å². The zero-order valence-electron chi connectivity index (χ0n) is 22.2. The van der Waals surface area contributed by atoms with E-state index in [-0.39, 0.29) is 30.6 Å². The molecule has 0 radical (unpaired) electrons. The van der Waals surface area contributed by atoms with Crippen LogP contribution in [0, 0.1) is 11.8 Å². The Hall–Kier alpha value is -2.44. The van der Waals surface area contributed by atoms with E-state index < -0.39 is 108 Å². The lowest BCUT2D eigenvalue weighted by atomic mass is 9.76. The molecule has 234 valence electrons. The Balaban J connectivity index is 1.57. The molecule has 0 heterocycles. The fourth-order valence-electron chi connectivity index (χ4n) is 6.02. The Morgan fingerprint density at radius 2 is 1.55 bits per heavy atom. The number of hydrogen-bond donors (Lipinski definition) is 0. The quantitative estimate of drug-likeness (QED) is 0.203. The van der Waals surface area contributed by atoms with Crippen LogP contribution >= 0.6 is 0 Å². The van der Waals surface area contributed by atoms with Crippen LogP contribution in [0.1, 0.15) is 51.9 Å². The van der Waals surface area contributed by atoms with Crippen LogP contribution in [0.5, 0.6) is 0 Å². The van der Waals surface area contributed by atoms with E-state index in [1.54, 1.807) is 0 Å². The topological polar surface area (TPSA) is 9.23 Å². The molecular formula is C29H28F12O. The highest BCUT2D eigenvalue weighted by atomic mass is 19.4. The van der Waals surface area contributed by atoms with E-state index in [2.05, 4.69) is 4.74 Å². The summed E-state index contributed by atoms with van der Waals surface area (Å²) < 4.78 is 175. The summed E-state index contributed by atoms with van der Waals surface area (Å²) in [6.45, 7) is 1.93. The molecule has 0 saturated heterocycles. The average Bonchev–Trinajstić information content (AvgIpc) is 2.81. The minimum absolute atomic E-state index is 0.0352. The van der Waals surface area contributed by atoms with Crippen LogP contribution in [0.15, 0.2) is 69.7 Å². The van der Waals surface area contributed by atoms with Gasteiger partial charge in [-0.05, 0) is 36.6 Å². The highest BCUT2D eigenvalue weighted by Gasteiger charge is 2.53. The summed E-state index contributed by atoms with van der Waals surface area (Å²) in [5.74, 6) is -9.30. The zero-order chi connectivity index (χ0) is 31.1. The van der Waals surface area contributed by atoms with Gasteiger partial charge in [0.15, 0.2) is 0 Å². The molecule has 1 nitrogen and oxygen atoms in total. The van der Waals surface area contributed by atoms with Gasteiger partial charge >= 0.3 is 12.3 Å². The van der Waals surface area contributed by atoms with Crippen molar-refractivity contribution in [3.63, 3.8) is 0 Å². The highest BCUT2D eigenvalue weighted by molar-refractivity contribution is 5.51. The molecule has 0 N–H and O–H groups in total. The van der Waals surface area contributed by atoms with Gasteiger partial charge < -0.3 is 4.74 Å². The summed E-state index contributed by atoms with van der Waals surface area (Å²) >= 11 is 0. The van der Waals surface area contributed by atoms with Gasteiger partial charge in [0.2, 0.25) is 0 Å². The summed E-state index contributed by atoms with van der Waals surface area (Å²) in [6, 6.07) is 0. The molecule has 0 aromatic rings. The van der Waals surface area contributed by atoms with E-state index in [1.165, 1.54) is 0 Å². The van der Waals surface area contributed by atoms with Gasteiger partial charge in [-0.2, -0.15) is 22.0 Å². The molecule has 0 amide bonds. The number of allylic oxidation sites excluding steroid dienone is 10. The summed E-state index contributed by atoms with van der Waals surface area (Å²) in [4.78, 5) is 0. The third-order valence-electron chi connectivity index (χ3n) is 7.94. The van der Waals surface area contributed by atoms with Crippen LogP contribution in [0.4, 0.5) is 52.7 Å². The van der Waals surface area contributed by atoms with Crippen LogP contribution < -0.4 is 0 Å². The number of ether oxygens (including phenoxy) is 1. The number of hydrogen-bond acceptors (Lipinski definition) is 1. The van der Waals surface area contributed by atoms with E-state index in [9.17, 15) is 43.9 Å². The van der Waals surface area contributed by atoms with Gasteiger partial charge in [-0.15, -0.1) is 0 Å². The molecule has 0 spiro atoms. The minimum Gasteiger partial charge on any atom is -0.309 e. The van der Waals surface area contributed by atoms with Crippen molar-refractivity contribution < 1.29 is 57.4 Å². The van der Waals surface area contributed by atoms with Crippen LogP contribution in [0.2, 0.25) is 0 Å². The van der Waals surface area contributed by atoms with Gasteiger partial charge in [-0.3, -0.25) is 0 Å². The molecule has 42 heavy (non-hydrogen) atoms. The fourth-order valence-corrected chi connectivity index (χ4v) is 6.02. The summed E-state index contributed by atoms with van der Waals surface area (Å²) in [7, 11) is 0. The molecule has 4 aliphatic rings. The second kappa shape index (κ2) is 12.3. The largest absolute Gasteiger partial charge is 0.400 e. The molecule has 0 aromatic carbocycles. The van der Waals surface area contributed by atoms with Gasteiger partial charge in [0, 0.05) is 37.2 Å². The zero-order valence-corrected chi connectivity index (χ0v) is 22.2. The third kappa shape index (κ3) is 6.70. The van der Waals surface area contributed by atoms with E-state index in [0.29, 0.717) is 6.42 Å². The first-order valence-corrected chi connectivity index (χ1v) is 13.5. The monoisotopic (exact) mass is 620 g/mol. The second-order valence-electron chi connectivity index (χ2n) is 10.9. The first-order valence-electron chi connectivity index (χ1n) is 13.5. The fraction of sp³-hybridized carbons (Fsp3) is 0.586. The van der Waals surface area contributed by atoms with Gasteiger partial charge in [0.25, 0.3) is 0 Å². The lowest BCUT2D eigenvalue weighted by molar-refractivity contribution is -0.242. The first kappa shape index (κ1) is 32.5. The molecule has 0 saturated carbocycles. The highest BCUT2D eigenvalue weighted by Crippen LogP contribution is 2.47. The van der Waals surface area contributed by atoms with Crippen LogP contribution in [0.25, 0.3) is 0 Å². The van der Waals surface area contributed by atoms with Crippen LogP contribution in [-0.4, -0.2) is 43.1 Å². The van der Waals surface area contributed by atoms with Crippen molar-refractivity contribution in [2.75, 3.05) is 0 Å². The van der Waals surface area contributed by atoms with E-state index in [1.807, 2.05) is 13.0 Å². The Bertz CT molecular complexity index is 1240. The molecule has 0 aliphatic heterocycles. The molecule has 0 bridgehead atoms. The van der Waals surface area contributed by atoms with Crippen molar-refractivity contribution in [2.45, 2.75) is 94.9 Å². The second-order valence-corrected chi connectivity index (χ2v) is 10.9. The maximum absolute atomic E-state index is 15.2. The summed E-state index contributed by atoms with van der Waals surface area (Å²) in [5, 5.41) is 0. The Kier molecular flexibility index (Phi) is 9.49. The van der Waals surface area contributed by atoms with Gasteiger partial charge in [-0.1, -0.05) is 30.6 Å². The van der Waals surface area contributed by atoms with Crippen molar-refractivity contribution >= 4 is 0 Å². The molecule has 4 aliphatic carbocycles. The van der Waals surface area contributed by atoms with Crippen molar-refractivity contribution in [2.24, 2.45) is 11.8 Å². The van der Waals surface area contributed by atoms with Crippen molar-refractivity contribution in [3.8, 4) is 0 Å². The molecular weight excluding hydrogens is 592 g/mol. The van der Waals surface area contributed by atoms with Gasteiger partial charge in [0.1, 0.15) is 48.1 Å². The van der Waals surface area contributed by atoms with Crippen molar-refractivity contribution in [3.05, 3.63) is 69.7 Å². The van der Waals surface area contributed by atoms with Crippen LogP contribution in [-0.2, 0) is 4.74 Å². The normalized spacial score (nSPS) is 33.3. The minimum atomic E-state index is -5.34. The standard InChI is InChI=1S/C29H28F12O/c1-2-3-13-4-5-17(18(30)6-13)14-7-19(31)25(20(32)8-14)15-9-21(33)27(22(34)10-15)29(40,41)42-16-11-23(35)26(24(36)12-16)28(37,38)39/h4,7,9,11,16-18,20,22,24,26H,2-3,5-6,8,10,12H2,1H3. The molecule has 7 atom stereocenters. The van der Waals surface area contributed by atoms with Crippen molar-refractivity contribution in [1.82, 2.24) is 0 Å². The molecule has 7 unspecified atom stereocenters. The Morgan fingerprint density at radius 3 is 2.10 bits per heavy atom. The lowest BCUT2D eigenvalue weighted by Gasteiger charge is -2.34. The summed E-state index contributed by atoms with van der Waals surface area (Å²) in [5.41, 5.74) is -2.27. The predicted molar refractivity (Wildman–Crippen MR) is 130 cm³/mol. The molecule has 0 fully saturated rings. The number of halogens is 12. The SMILES string of the molecule is CCCC1=CCC(C2=CC(F)=C(C3=CC(F)=C(C(F)(F)OC4C=C(F)C(C(F)(F)F)C(F)C4)C(F)C3)C(F)C2)C(F)C1. The molecule has 0 aromatic heterocycles. The van der Waals surface area contributed by atoms with E-state index in [0.717, 1.165) is 18.1 Å². The average molecular weight is 621 g/mol. The Morgan fingerprint density at radius 1 is 0.857 bits per heavy atom. The molecule has 13 heteroatoms. The molecule has 4 rings (SSSR count). The van der Waals surface area contributed by atoms with Gasteiger partial charge in [-0.25, -0.2) is 30.7 Å². The smallest absolute Gasteiger partial charge is 0.309 e. The van der Waals surface area contributed by atoms with E-state index in [4.69, 9.17) is 0 Å². The maximum atomic E-state index is 15.2. The summed E-state index contributed by atoms with van der Waals surface area (Å²) in [6.07, 6.45) is -20.1. The third-order valence-corrected chi connectivity index (χ3v) is 7.94. The maximum Gasteiger partial charge on any atom is 0.400 e. The van der Waals surface area contributed by atoms with Crippen molar-refractivity contribution in [1.29, 1.82) is 0 Å². The number of rotatable bonds is 7.